The molecule has 0 aliphatic carbocycles. The lowest BCUT2D eigenvalue weighted by molar-refractivity contribution is 0.0100. The fourth-order valence-electron chi connectivity index (χ4n) is 2.43. The summed E-state index contributed by atoms with van der Waals surface area (Å²) in [6.45, 7) is 0.848. The van der Waals surface area contributed by atoms with Crippen LogP contribution in [-0.4, -0.2) is 18.1 Å². The largest absolute Gasteiger partial charge is 0.378 e. The lowest BCUT2D eigenvalue weighted by Crippen LogP contribution is -2.20. The van der Waals surface area contributed by atoms with Crippen LogP contribution in [0.3, 0.4) is 0 Å². The van der Waals surface area contributed by atoms with Crippen molar-refractivity contribution in [2.45, 2.75) is 50.0 Å². The Morgan fingerprint density at radius 2 is 2.11 bits per heavy atom. The lowest BCUT2D eigenvalue weighted by Gasteiger charge is -2.23. The van der Waals surface area contributed by atoms with Crippen LogP contribution in [0.2, 0.25) is 0 Å². The van der Waals surface area contributed by atoms with Crippen LogP contribution >= 0.6 is 11.6 Å². The average Bonchev–Trinajstić information content (AvgIpc) is 2.42. The number of halogens is 3. The smallest absolute Gasteiger partial charge is 0.159 e. The summed E-state index contributed by atoms with van der Waals surface area (Å²) in [5.41, 5.74) is 0.739. The van der Waals surface area contributed by atoms with E-state index in [2.05, 4.69) is 0 Å². The first-order valence-corrected chi connectivity index (χ1v) is 7.28. The van der Waals surface area contributed by atoms with Crippen molar-refractivity contribution in [2.75, 3.05) is 6.61 Å². The van der Waals surface area contributed by atoms with E-state index in [9.17, 15) is 8.78 Å². The molecule has 2 atom stereocenters. The molecule has 2 unspecified atom stereocenters. The minimum absolute atomic E-state index is 0.0598. The Hall–Kier alpha value is -0.670. The number of hydrogen-bond donors (Lipinski definition) is 0. The molecule has 0 aromatic heterocycles. The monoisotopic (exact) mass is 288 g/mol. The van der Waals surface area contributed by atoms with E-state index < -0.39 is 11.6 Å². The molecule has 1 nitrogen and oxygen atoms in total. The van der Waals surface area contributed by atoms with Crippen molar-refractivity contribution in [3.05, 3.63) is 35.4 Å². The Morgan fingerprint density at radius 3 is 2.79 bits per heavy atom. The van der Waals surface area contributed by atoms with Crippen LogP contribution < -0.4 is 0 Å². The highest BCUT2D eigenvalue weighted by Crippen LogP contribution is 2.21. The average molecular weight is 289 g/mol. The topological polar surface area (TPSA) is 9.23 Å². The number of benzene rings is 1. The van der Waals surface area contributed by atoms with Gasteiger partial charge in [0.25, 0.3) is 0 Å². The molecule has 2 rings (SSSR count). The van der Waals surface area contributed by atoms with Crippen LogP contribution in [0.15, 0.2) is 18.2 Å². The third-order valence-electron chi connectivity index (χ3n) is 3.52. The molecule has 0 N–H and O–H groups in total. The highest BCUT2D eigenvalue weighted by molar-refractivity contribution is 6.20. The van der Waals surface area contributed by atoms with Crippen molar-refractivity contribution < 1.29 is 13.5 Å². The number of alkyl halides is 1. The van der Waals surface area contributed by atoms with Crippen molar-refractivity contribution in [3.8, 4) is 0 Å². The fourth-order valence-corrected chi connectivity index (χ4v) is 2.73. The zero-order valence-corrected chi connectivity index (χ0v) is 11.6. The molecule has 1 saturated heterocycles. The summed E-state index contributed by atoms with van der Waals surface area (Å²) in [6, 6.07) is 3.96. The zero-order chi connectivity index (χ0) is 13.7. The second kappa shape index (κ2) is 7.20. The molecule has 0 amide bonds. The van der Waals surface area contributed by atoms with Crippen molar-refractivity contribution in [3.63, 3.8) is 0 Å². The van der Waals surface area contributed by atoms with Crippen molar-refractivity contribution in [1.82, 2.24) is 0 Å². The first-order valence-electron chi connectivity index (χ1n) is 6.85. The maximum Gasteiger partial charge on any atom is 0.159 e. The summed E-state index contributed by atoms with van der Waals surface area (Å²) < 4.78 is 31.5. The minimum Gasteiger partial charge on any atom is -0.378 e. The van der Waals surface area contributed by atoms with Crippen molar-refractivity contribution in [1.29, 1.82) is 0 Å². The third-order valence-corrected chi connectivity index (χ3v) is 3.89. The van der Waals surface area contributed by atoms with E-state index in [-0.39, 0.29) is 5.38 Å². The second-order valence-corrected chi connectivity index (χ2v) is 5.73. The van der Waals surface area contributed by atoms with Gasteiger partial charge in [-0.2, -0.15) is 0 Å². The van der Waals surface area contributed by atoms with E-state index in [4.69, 9.17) is 16.3 Å². The SMILES string of the molecule is Fc1ccc(CC(Cl)CCC2CCCCO2)cc1F. The Kier molecular flexibility index (Phi) is 5.59. The summed E-state index contributed by atoms with van der Waals surface area (Å²) in [5.74, 6) is -1.62. The van der Waals surface area contributed by atoms with Gasteiger partial charge in [-0.15, -0.1) is 11.6 Å². The summed E-state index contributed by atoms with van der Waals surface area (Å²) in [4.78, 5) is 0. The van der Waals surface area contributed by atoms with Gasteiger partial charge in [0.15, 0.2) is 11.6 Å². The third kappa shape index (κ3) is 4.73. The maximum absolute atomic E-state index is 13.1. The first-order chi connectivity index (χ1) is 9.15. The van der Waals surface area contributed by atoms with Crippen LogP contribution in [0.25, 0.3) is 0 Å². The Labute approximate surface area is 117 Å². The Bertz CT molecular complexity index is 405. The highest BCUT2D eigenvalue weighted by Gasteiger charge is 2.16. The molecule has 4 heteroatoms. The van der Waals surface area contributed by atoms with Gasteiger partial charge < -0.3 is 4.74 Å². The number of rotatable bonds is 5. The number of hydrogen-bond acceptors (Lipinski definition) is 1. The normalized spacial score (nSPS) is 21.3. The van der Waals surface area contributed by atoms with Crippen LogP contribution in [0.1, 0.15) is 37.7 Å². The molecule has 1 aromatic carbocycles. The van der Waals surface area contributed by atoms with Gasteiger partial charge in [-0.25, -0.2) is 8.78 Å². The van der Waals surface area contributed by atoms with Gasteiger partial charge in [-0.1, -0.05) is 6.07 Å². The second-order valence-electron chi connectivity index (χ2n) is 5.12. The first kappa shape index (κ1) is 14.7. The van der Waals surface area contributed by atoms with Crippen LogP contribution in [0, 0.1) is 11.6 Å². The predicted octanol–water partition coefficient (Wildman–Crippen LogP) is 4.46. The van der Waals surface area contributed by atoms with E-state index in [0.29, 0.717) is 12.5 Å². The van der Waals surface area contributed by atoms with E-state index >= 15 is 0 Å². The minimum atomic E-state index is -0.814. The number of ether oxygens (including phenoxy) is 1. The quantitative estimate of drug-likeness (QED) is 0.727. The van der Waals surface area contributed by atoms with Crippen molar-refractivity contribution >= 4 is 11.6 Å². The van der Waals surface area contributed by atoms with Gasteiger partial charge in [0.1, 0.15) is 0 Å². The predicted molar refractivity (Wildman–Crippen MR) is 72.5 cm³/mol. The van der Waals surface area contributed by atoms with Gasteiger partial charge >= 0.3 is 0 Å². The summed E-state index contributed by atoms with van der Waals surface area (Å²) in [6.07, 6.45) is 6.14. The molecule has 0 radical (unpaired) electrons. The van der Waals surface area contributed by atoms with E-state index in [0.717, 1.165) is 43.9 Å². The van der Waals surface area contributed by atoms with Gasteiger partial charge in [-0.05, 0) is 56.2 Å². The summed E-state index contributed by atoms with van der Waals surface area (Å²) in [7, 11) is 0. The summed E-state index contributed by atoms with van der Waals surface area (Å²) in [5, 5.41) is -0.0598. The molecule has 0 bridgehead atoms. The maximum atomic E-state index is 13.1. The Morgan fingerprint density at radius 1 is 1.26 bits per heavy atom. The lowest BCUT2D eigenvalue weighted by atomic mass is 10.0. The van der Waals surface area contributed by atoms with Gasteiger partial charge in [0.2, 0.25) is 0 Å². The highest BCUT2D eigenvalue weighted by atomic mass is 35.5. The van der Waals surface area contributed by atoms with Crippen LogP contribution in [-0.2, 0) is 11.2 Å². The molecular weight excluding hydrogens is 270 g/mol. The summed E-state index contributed by atoms with van der Waals surface area (Å²) >= 11 is 6.25. The van der Waals surface area contributed by atoms with E-state index in [1.807, 2.05) is 0 Å². The molecule has 1 aromatic rings. The standard InChI is InChI=1S/C15H19ClF2O/c16-12(5-6-13-3-1-2-8-19-13)9-11-4-7-14(17)15(18)10-11/h4,7,10,12-13H,1-3,5-6,8-9H2. The fraction of sp³-hybridized carbons (Fsp3) is 0.600. The van der Waals surface area contributed by atoms with Crippen LogP contribution in [0.5, 0.6) is 0 Å². The molecule has 1 aliphatic rings. The van der Waals surface area contributed by atoms with Gasteiger partial charge in [0.05, 0.1) is 6.10 Å². The molecule has 0 spiro atoms. The molecule has 1 aliphatic heterocycles. The molecule has 1 fully saturated rings. The van der Waals surface area contributed by atoms with Gasteiger partial charge in [0, 0.05) is 12.0 Å². The zero-order valence-electron chi connectivity index (χ0n) is 10.9. The molecule has 106 valence electrons. The molecule has 19 heavy (non-hydrogen) atoms. The van der Waals surface area contributed by atoms with Crippen molar-refractivity contribution in [2.24, 2.45) is 0 Å². The molecular formula is C15H19ClF2O. The molecule has 0 saturated carbocycles. The Balaban J connectivity index is 1.76. The van der Waals surface area contributed by atoms with E-state index in [1.165, 1.54) is 12.5 Å². The van der Waals surface area contributed by atoms with E-state index in [1.54, 1.807) is 6.07 Å². The van der Waals surface area contributed by atoms with Crippen LogP contribution in [0.4, 0.5) is 8.78 Å². The molecule has 1 heterocycles. The van der Waals surface area contributed by atoms with Gasteiger partial charge in [-0.3, -0.25) is 0 Å².